The number of likely N-dealkylation sites (N-methyl/N-ethyl adjacent to an activating group) is 1. The van der Waals surface area contributed by atoms with E-state index in [1.807, 2.05) is 31.2 Å². The molecular weight excluding hydrogens is 322 g/mol. The van der Waals surface area contributed by atoms with Crippen molar-refractivity contribution in [2.45, 2.75) is 50.8 Å². The average Bonchev–Trinajstić information content (AvgIpc) is 2.55. The van der Waals surface area contributed by atoms with Gasteiger partial charge in [0.1, 0.15) is 0 Å². The van der Waals surface area contributed by atoms with Gasteiger partial charge in [0.2, 0.25) is 11.8 Å². The molecule has 2 amide bonds. The average molecular weight is 352 g/mol. The Morgan fingerprint density at radius 1 is 1.12 bits per heavy atom. The molecule has 0 aliphatic heterocycles. The van der Waals surface area contributed by atoms with E-state index in [2.05, 4.69) is 36.3 Å². The fraction of sp³-hybridized carbons (Fsp3) is 0.556. The quantitative estimate of drug-likeness (QED) is 0.672. The molecule has 6 heteroatoms. The summed E-state index contributed by atoms with van der Waals surface area (Å²) in [5, 5.41) is 5.59. The van der Waals surface area contributed by atoms with E-state index in [1.54, 1.807) is 0 Å². The van der Waals surface area contributed by atoms with Crippen LogP contribution in [0.1, 0.15) is 34.6 Å². The van der Waals surface area contributed by atoms with Crippen LogP contribution in [-0.2, 0) is 9.59 Å². The van der Waals surface area contributed by atoms with Crippen molar-refractivity contribution in [3.05, 3.63) is 24.3 Å². The molecule has 24 heavy (non-hydrogen) atoms. The molecule has 5 nitrogen and oxygen atoms in total. The van der Waals surface area contributed by atoms with Gasteiger partial charge in [-0.15, -0.1) is 11.8 Å². The fourth-order valence-electron chi connectivity index (χ4n) is 2.45. The van der Waals surface area contributed by atoms with Crippen LogP contribution in [0.15, 0.2) is 29.2 Å². The van der Waals surface area contributed by atoms with Crippen molar-refractivity contribution in [1.29, 1.82) is 0 Å². The van der Waals surface area contributed by atoms with E-state index in [-0.39, 0.29) is 17.1 Å². The molecule has 0 spiro atoms. The number of carbonyl (C=O) groups is 2. The zero-order chi connectivity index (χ0) is 18.1. The zero-order valence-electron chi connectivity index (χ0n) is 15.3. The summed E-state index contributed by atoms with van der Waals surface area (Å²) in [5.41, 5.74) is 0.761. The molecular formula is C18H29N3O2S. The minimum atomic E-state index is -0.166. The van der Waals surface area contributed by atoms with Gasteiger partial charge in [0.05, 0.1) is 5.25 Å². The van der Waals surface area contributed by atoms with E-state index >= 15 is 0 Å². The Morgan fingerprint density at radius 2 is 1.71 bits per heavy atom. The Balaban J connectivity index is 2.47. The molecule has 0 aliphatic carbocycles. The lowest BCUT2D eigenvalue weighted by Crippen LogP contribution is -2.43. The third-order valence-electron chi connectivity index (χ3n) is 3.86. The van der Waals surface area contributed by atoms with Crippen molar-refractivity contribution < 1.29 is 9.59 Å². The Bertz CT molecular complexity index is 530. The normalized spacial score (nSPS) is 13.4. The van der Waals surface area contributed by atoms with Gasteiger partial charge in [-0.2, -0.15) is 0 Å². The second kappa shape index (κ2) is 10.4. The number of nitrogens with one attached hydrogen (secondary N) is 2. The van der Waals surface area contributed by atoms with Crippen LogP contribution in [0.4, 0.5) is 5.69 Å². The number of hydrogen-bond donors (Lipinski definition) is 2. The van der Waals surface area contributed by atoms with E-state index in [1.165, 1.54) is 18.7 Å². The number of hydrogen-bond acceptors (Lipinski definition) is 4. The van der Waals surface area contributed by atoms with Crippen molar-refractivity contribution in [1.82, 2.24) is 10.2 Å². The first-order valence-electron chi connectivity index (χ1n) is 8.43. The summed E-state index contributed by atoms with van der Waals surface area (Å²) in [4.78, 5) is 26.6. The van der Waals surface area contributed by atoms with Gasteiger partial charge in [-0.05, 0) is 51.2 Å². The van der Waals surface area contributed by atoms with Gasteiger partial charge in [0.25, 0.3) is 0 Å². The fourth-order valence-corrected chi connectivity index (χ4v) is 3.34. The second-order valence-electron chi connectivity index (χ2n) is 5.78. The highest BCUT2D eigenvalue weighted by atomic mass is 32.2. The molecule has 2 N–H and O–H groups in total. The third kappa shape index (κ3) is 6.93. The van der Waals surface area contributed by atoms with Crippen molar-refractivity contribution in [3.8, 4) is 0 Å². The molecule has 0 heterocycles. The van der Waals surface area contributed by atoms with Crippen LogP contribution in [-0.4, -0.2) is 47.6 Å². The van der Waals surface area contributed by atoms with E-state index in [9.17, 15) is 9.59 Å². The van der Waals surface area contributed by atoms with Gasteiger partial charge in [-0.3, -0.25) is 14.5 Å². The molecule has 2 atom stereocenters. The van der Waals surface area contributed by atoms with E-state index < -0.39 is 0 Å². The van der Waals surface area contributed by atoms with Crippen molar-refractivity contribution in [3.63, 3.8) is 0 Å². The maximum absolute atomic E-state index is 12.3. The highest BCUT2D eigenvalue weighted by Gasteiger charge is 2.16. The van der Waals surface area contributed by atoms with Crippen LogP contribution in [0.5, 0.6) is 0 Å². The largest absolute Gasteiger partial charge is 0.354 e. The van der Waals surface area contributed by atoms with Gasteiger partial charge in [-0.25, -0.2) is 0 Å². The topological polar surface area (TPSA) is 61.4 Å². The van der Waals surface area contributed by atoms with Gasteiger partial charge < -0.3 is 10.6 Å². The predicted molar refractivity (Wildman–Crippen MR) is 101 cm³/mol. The van der Waals surface area contributed by atoms with Crippen LogP contribution < -0.4 is 10.6 Å². The standard InChI is InChI=1S/C18H29N3O2S/c1-6-21(7-2)13(3)12-19-18(23)14(4)24-17-10-8-16(9-11-17)20-15(5)22/h8-11,13-14H,6-7,12H2,1-5H3,(H,19,23)(H,20,22). The summed E-state index contributed by atoms with van der Waals surface area (Å²) in [6, 6.07) is 7.85. The number of anilines is 1. The monoisotopic (exact) mass is 351 g/mol. The van der Waals surface area contributed by atoms with Crippen LogP contribution in [0.2, 0.25) is 0 Å². The van der Waals surface area contributed by atoms with E-state index in [0.29, 0.717) is 12.6 Å². The first kappa shape index (κ1) is 20.5. The summed E-state index contributed by atoms with van der Waals surface area (Å²) >= 11 is 1.51. The van der Waals surface area contributed by atoms with Gasteiger partial charge in [-0.1, -0.05) is 13.8 Å². The molecule has 0 aliphatic rings. The molecule has 0 radical (unpaired) electrons. The smallest absolute Gasteiger partial charge is 0.233 e. The highest BCUT2D eigenvalue weighted by molar-refractivity contribution is 8.00. The van der Waals surface area contributed by atoms with Crippen LogP contribution in [0, 0.1) is 0 Å². The Labute approximate surface area is 149 Å². The predicted octanol–water partition coefficient (Wildman–Crippen LogP) is 2.97. The molecule has 0 saturated carbocycles. The molecule has 2 unspecified atom stereocenters. The van der Waals surface area contributed by atoms with E-state index in [0.717, 1.165) is 23.7 Å². The highest BCUT2D eigenvalue weighted by Crippen LogP contribution is 2.24. The maximum atomic E-state index is 12.3. The number of amides is 2. The lowest BCUT2D eigenvalue weighted by atomic mass is 10.2. The number of carbonyl (C=O) groups excluding carboxylic acids is 2. The van der Waals surface area contributed by atoms with Crippen molar-refractivity contribution >= 4 is 29.3 Å². The van der Waals surface area contributed by atoms with Crippen LogP contribution >= 0.6 is 11.8 Å². The lowest BCUT2D eigenvalue weighted by Gasteiger charge is -2.26. The molecule has 0 bridgehead atoms. The molecule has 0 fully saturated rings. The molecule has 1 aromatic carbocycles. The minimum absolute atomic E-state index is 0.0462. The molecule has 0 saturated heterocycles. The molecule has 1 rings (SSSR count). The number of nitrogens with zero attached hydrogens (tertiary/aromatic N) is 1. The number of rotatable bonds is 9. The Hall–Kier alpha value is -1.53. The SMILES string of the molecule is CCN(CC)C(C)CNC(=O)C(C)Sc1ccc(NC(C)=O)cc1. The second-order valence-corrected chi connectivity index (χ2v) is 7.20. The zero-order valence-corrected chi connectivity index (χ0v) is 16.1. The lowest BCUT2D eigenvalue weighted by molar-refractivity contribution is -0.120. The number of thioether (sulfide) groups is 1. The molecule has 134 valence electrons. The van der Waals surface area contributed by atoms with E-state index in [4.69, 9.17) is 0 Å². The van der Waals surface area contributed by atoms with Crippen LogP contribution in [0.25, 0.3) is 0 Å². The molecule has 1 aromatic rings. The first-order chi connectivity index (χ1) is 11.4. The molecule has 0 aromatic heterocycles. The van der Waals surface area contributed by atoms with Crippen molar-refractivity contribution in [2.24, 2.45) is 0 Å². The summed E-state index contributed by atoms with van der Waals surface area (Å²) < 4.78 is 0. The Kier molecular flexibility index (Phi) is 8.85. The summed E-state index contributed by atoms with van der Waals surface area (Å²) in [6.07, 6.45) is 0. The summed E-state index contributed by atoms with van der Waals surface area (Å²) in [6.45, 7) is 12.4. The van der Waals surface area contributed by atoms with Crippen LogP contribution in [0.3, 0.4) is 0 Å². The minimum Gasteiger partial charge on any atom is -0.354 e. The summed E-state index contributed by atoms with van der Waals surface area (Å²) in [7, 11) is 0. The number of benzene rings is 1. The van der Waals surface area contributed by atoms with Gasteiger partial charge in [0.15, 0.2) is 0 Å². The summed E-state index contributed by atoms with van der Waals surface area (Å²) in [5.74, 6) is -0.0459. The third-order valence-corrected chi connectivity index (χ3v) is 4.98. The van der Waals surface area contributed by atoms with Crippen molar-refractivity contribution in [2.75, 3.05) is 25.0 Å². The first-order valence-corrected chi connectivity index (χ1v) is 9.31. The maximum Gasteiger partial charge on any atom is 0.233 e. The Morgan fingerprint density at radius 3 is 2.21 bits per heavy atom. The van der Waals surface area contributed by atoms with Gasteiger partial charge >= 0.3 is 0 Å². The van der Waals surface area contributed by atoms with Gasteiger partial charge in [0, 0.05) is 30.1 Å².